The van der Waals surface area contributed by atoms with Crippen molar-refractivity contribution in [1.29, 1.82) is 0 Å². The lowest BCUT2D eigenvalue weighted by atomic mass is 9.84. The fourth-order valence-electron chi connectivity index (χ4n) is 4.75. The summed E-state index contributed by atoms with van der Waals surface area (Å²) in [5.41, 5.74) is 0.304. The fourth-order valence-corrected chi connectivity index (χ4v) is 4.75. The number of likely N-dealkylation sites (tertiary alicyclic amines) is 1. The second-order valence-corrected chi connectivity index (χ2v) is 7.89. The van der Waals surface area contributed by atoms with E-state index in [-0.39, 0.29) is 23.6 Å². The summed E-state index contributed by atoms with van der Waals surface area (Å²) in [5, 5.41) is 2.55. The molecule has 2 fully saturated rings. The normalized spacial score (nSPS) is 23.0. The van der Waals surface area contributed by atoms with Gasteiger partial charge in [0.25, 0.3) is 5.91 Å². The highest BCUT2D eigenvalue weighted by atomic mass is 19.1. The zero-order valence-electron chi connectivity index (χ0n) is 16.7. The van der Waals surface area contributed by atoms with Gasteiger partial charge in [-0.1, -0.05) is 25.0 Å². The number of hydrogen-bond acceptors (Lipinski definition) is 3. The third kappa shape index (κ3) is 3.76. The van der Waals surface area contributed by atoms with Crippen molar-refractivity contribution >= 4 is 17.5 Å². The summed E-state index contributed by atoms with van der Waals surface area (Å²) in [4.78, 5) is 28.3. The van der Waals surface area contributed by atoms with Crippen LogP contribution in [-0.2, 0) is 4.79 Å². The van der Waals surface area contributed by atoms with Gasteiger partial charge in [0.05, 0.1) is 18.4 Å². The molecule has 1 heterocycles. The number of benzene rings is 2. The number of methoxy groups -OCH3 is 1. The highest BCUT2D eigenvalue weighted by Crippen LogP contribution is 2.41. The number of hydrogen-bond donors (Lipinski definition) is 1. The summed E-state index contributed by atoms with van der Waals surface area (Å²) in [5.74, 6) is -1.61. The maximum absolute atomic E-state index is 14.1. The minimum Gasteiger partial charge on any atom is -0.496 e. The van der Waals surface area contributed by atoms with E-state index < -0.39 is 23.6 Å². The van der Waals surface area contributed by atoms with Crippen molar-refractivity contribution in [3.63, 3.8) is 0 Å². The van der Waals surface area contributed by atoms with Crippen molar-refractivity contribution in [3.8, 4) is 5.75 Å². The van der Waals surface area contributed by atoms with Crippen LogP contribution in [0.2, 0.25) is 0 Å². The largest absolute Gasteiger partial charge is 0.496 e. The summed E-state index contributed by atoms with van der Waals surface area (Å²) >= 11 is 0. The lowest BCUT2D eigenvalue weighted by Crippen LogP contribution is -2.48. The first-order valence-electron chi connectivity index (χ1n) is 10.2. The van der Waals surface area contributed by atoms with Gasteiger partial charge in [0, 0.05) is 12.1 Å². The van der Waals surface area contributed by atoms with E-state index in [0.717, 1.165) is 37.8 Å². The maximum atomic E-state index is 14.1. The van der Waals surface area contributed by atoms with E-state index in [9.17, 15) is 18.4 Å². The number of carbonyl (C=O) groups excluding carboxylic acids is 2. The highest BCUT2D eigenvalue weighted by molar-refractivity contribution is 6.03. The molecule has 5 nitrogen and oxygen atoms in total. The third-order valence-electron chi connectivity index (χ3n) is 6.15. The SMILES string of the molecule is COc1ccccc1C(=O)N1C(C(=O)Nc2ccc(F)cc2F)CC2CCCCC21. The second-order valence-electron chi connectivity index (χ2n) is 7.89. The van der Waals surface area contributed by atoms with Crippen LogP contribution in [-0.4, -0.2) is 35.9 Å². The molecular formula is C23H24F2N2O3. The molecular weight excluding hydrogens is 390 g/mol. The number of nitrogens with one attached hydrogen (secondary N) is 1. The number of fused-ring (bicyclic) bond motifs is 1. The molecule has 2 aliphatic rings. The molecule has 3 atom stereocenters. The Bertz CT molecular complexity index is 965. The van der Waals surface area contributed by atoms with Crippen LogP contribution in [0.5, 0.6) is 5.75 Å². The van der Waals surface area contributed by atoms with Crippen molar-refractivity contribution in [2.45, 2.75) is 44.2 Å². The Balaban J connectivity index is 1.64. The average molecular weight is 414 g/mol. The summed E-state index contributed by atoms with van der Waals surface area (Å²) in [6.07, 6.45) is 4.38. The van der Waals surface area contributed by atoms with Gasteiger partial charge >= 0.3 is 0 Å². The predicted molar refractivity (Wildman–Crippen MR) is 108 cm³/mol. The minimum atomic E-state index is -0.846. The Hall–Kier alpha value is -2.96. The molecule has 1 saturated heterocycles. The van der Waals surface area contributed by atoms with E-state index in [2.05, 4.69) is 5.32 Å². The summed E-state index contributed by atoms with van der Waals surface area (Å²) in [6, 6.07) is 9.18. The Kier molecular flexibility index (Phi) is 5.70. The number of ether oxygens (including phenoxy) is 1. The van der Waals surface area contributed by atoms with Gasteiger partial charge in [0.2, 0.25) is 5.91 Å². The van der Waals surface area contributed by atoms with E-state index in [1.165, 1.54) is 13.2 Å². The Morgan fingerprint density at radius 2 is 1.87 bits per heavy atom. The molecule has 30 heavy (non-hydrogen) atoms. The summed E-state index contributed by atoms with van der Waals surface area (Å²) < 4.78 is 32.6. The number of rotatable bonds is 4. The van der Waals surface area contributed by atoms with E-state index in [0.29, 0.717) is 17.7 Å². The van der Waals surface area contributed by atoms with E-state index in [1.54, 1.807) is 29.2 Å². The van der Waals surface area contributed by atoms with Crippen LogP contribution < -0.4 is 10.1 Å². The first kappa shape index (κ1) is 20.3. The molecule has 1 N–H and O–H groups in total. The molecule has 1 saturated carbocycles. The number of para-hydroxylation sites is 1. The Labute approximate surface area is 174 Å². The molecule has 0 bridgehead atoms. The van der Waals surface area contributed by atoms with E-state index in [4.69, 9.17) is 4.74 Å². The Morgan fingerprint density at radius 1 is 1.10 bits per heavy atom. The zero-order chi connectivity index (χ0) is 21.3. The quantitative estimate of drug-likeness (QED) is 0.808. The lowest BCUT2D eigenvalue weighted by Gasteiger charge is -2.34. The smallest absolute Gasteiger partial charge is 0.258 e. The fraction of sp³-hybridized carbons (Fsp3) is 0.391. The zero-order valence-corrected chi connectivity index (χ0v) is 16.7. The monoisotopic (exact) mass is 414 g/mol. The van der Waals surface area contributed by atoms with E-state index >= 15 is 0 Å². The van der Waals surface area contributed by atoms with Gasteiger partial charge in [-0.3, -0.25) is 9.59 Å². The van der Waals surface area contributed by atoms with Crippen LogP contribution in [0.3, 0.4) is 0 Å². The minimum absolute atomic E-state index is 0.0371. The predicted octanol–water partition coefficient (Wildman–Crippen LogP) is 4.39. The standard InChI is InChI=1S/C23H24F2N2O3/c1-30-21-9-5-3-7-16(21)23(29)27-19-8-4-2-6-14(19)12-20(27)22(28)26-18-11-10-15(24)13-17(18)25/h3,5,7,9-11,13-14,19-20H,2,4,6,8,12H2,1H3,(H,26,28). The van der Waals surface area contributed by atoms with Crippen LogP contribution in [0, 0.1) is 17.6 Å². The van der Waals surface area contributed by atoms with Gasteiger partial charge in [0.1, 0.15) is 23.4 Å². The first-order chi connectivity index (χ1) is 14.5. The molecule has 1 aliphatic carbocycles. The molecule has 0 spiro atoms. The number of anilines is 1. The molecule has 3 unspecified atom stereocenters. The van der Waals surface area contributed by atoms with Crippen LogP contribution in [0.1, 0.15) is 42.5 Å². The van der Waals surface area contributed by atoms with Crippen molar-refractivity contribution < 1.29 is 23.1 Å². The average Bonchev–Trinajstić information content (AvgIpc) is 3.15. The molecule has 2 aromatic carbocycles. The molecule has 0 aromatic heterocycles. The Morgan fingerprint density at radius 3 is 2.63 bits per heavy atom. The van der Waals surface area contributed by atoms with Crippen LogP contribution in [0.15, 0.2) is 42.5 Å². The molecule has 2 amide bonds. The molecule has 7 heteroatoms. The van der Waals surface area contributed by atoms with Gasteiger partial charge < -0.3 is 15.0 Å². The second kappa shape index (κ2) is 8.42. The number of amides is 2. The van der Waals surface area contributed by atoms with Crippen molar-refractivity contribution in [1.82, 2.24) is 4.90 Å². The van der Waals surface area contributed by atoms with Gasteiger partial charge in [-0.15, -0.1) is 0 Å². The number of halogens is 2. The summed E-state index contributed by atoms with van der Waals surface area (Å²) in [6.45, 7) is 0. The molecule has 0 radical (unpaired) electrons. The van der Waals surface area contributed by atoms with Crippen molar-refractivity contribution in [2.75, 3.05) is 12.4 Å². The van der Waals surface area contributed by atoms with Crippen molar-refractivity contribution in [2.24, 2.45) is 5.92 Å². The maximum Gasteiger partial charge on any atom is 0.258 e. The van der Waals surface area contributed by atoms with Gasteiger partial charge in [0.15, 0.2) is 0 Å². The van der Waals surface area contributed by atoms with Crippen molar-refractivity contribution in [3.05, 3.63) is 59.7 Å². The molecule has 158 valence electrons. The molecule has 2 aromatic rings. The number of carbonyl (C=O) groups is 2. The van der Waals surface area contributed by atoms with Gasteiger partial charge in [-0.2, -0.15) is 0 Å². The summed E-state index contributed by atoms with van der Waals surface area (Å²) in [7, 11) is 1.50. The van der Waals surface area contributed by atoms with Gasteiger partial charge in [-0.05, 0) is 49.4 Å². The topological polar surface area (TPSA) is 58.6 Å². The highest BCUT2D eigenvalue weighted by Gasteiger charge is 2.48. The molecule has 1 aliphatic heterocycles. The first-order valence-corrected chi connectivity index (χ1v) is 10.2. The van der Waals surface area contributed by atoms with Crippen LogP contribution in [0.25, 0.3) is 0 Å². The third-order valence-corrected chi connectivity index (χ3v) is 6.15. The van der Waals surface area contributed by atoms with Gasteiger partial charge in [-0.25, -0.2) is 8.78 Å². The molecule has 4 rings (SSSR count). The number of nitrogens with zero attached hydrogens (tertiary/aromatic N) is 1. The van der Waals surface area contributed by atoms with Crippen LogP contribution in [0.4, 0.5) is 14.5 Å². The van der Waals surface area contributed by atoms with E-state index in [1.807, 2.05) is 0 Å². The van der Waals surface area contributed by atoms with Crippen LogP contribution >= 0.6 is 0 Å². The lowest BCUT2D eigenvalue weighted by molar-refractivity contribution is -0.120.